The Morgan fingerprint density at radius 2 is 1.62 bits per heavy atom. The van der Waals surface area contributed by atoms with E-state index in [4.69, 9.17) is 0 Å². The smallest absolute Gasteiger partial charge is 0.253 e. The zero-order valence-corrected chi connectivity index (χ0v) is 14.8. The van der Waals surface area contributed by atoms with Crippen LogP contribution in [-0.2, 0) is 11.3 Å². The highest BCUT2D eigenvalue weighted by atomic mass is 16.2. The third-order valence-corrected chi connectivity index (χ3v) is 3.16. The van der Waals surface area contributed by atoms with Crippen LogP contribution < -0.4 is 16.0 Å². The Kier molecular flexibility index (Phi) is 8.32. The van der Waals surface area contributed by atoms with Gasteiger partial charge in [-0.15, -0.1) is 0 Å². The van der Waals surface area contributed by atoms with E-state index in [2.05, 4.69) is 20.9 Å². The standard InChI is InChI=1S/C17H27N5O2/c1-5-18-15(23)12-21-17(19-6-2)20-11-13-7-9-14(10-8-13)16(24)22(3)4/h7-10H,5-6,11-12H2,1-4H3,(H,18,23)(H2,19,20,21). The number of amides is 2. The Labute approximate surface area is 143 Å². The quantitative estimate of drug-likeness (QED) is 0.503. The molecule has 0 bridgehead atoms. The highest BCUT2D eigenvalue weighted by Crippen LogP contribution is 2.07. The number of hydrogen-bond acceptors (Lipinski definition) is 3. The minimum absolute atomic E-state index is 0.0259. The molecule has 0 saturated heterocycles. The van der Waals surface area contributed by atoms with E-state index in [-0.39, 0.29) is 18.4 Å². The van der Waals surface area contributed by atoms with Crippen LogP contribution in [0.5, 0.6) is 0 Å². The van der Waals surface area contributed by atoms with Gasteiger partial charge < -0.3 is 20.9 Å². The van der Waals surface area contributed by atoms with E-state index < -0.39 is 0 Å². The molecule has 1 aromatic rings. The molecule has 1 aromatic carbocycles. The molecular weight excluding hydrogens is 306 g/mol. The summed E-state index contributed by atoms with van der Waals surface area (Å²) in [5.74, 6) is 0.480. The van der Waals surface area contributed by atoms with Gasteiger partial charge in [0.2, 0.25) is 5.91 Å². The van der Waals surface area contributed by atoms with E-state index in [1.165, 1.54) is 0 Å². The summed E-state index contributed by atoms with van der Waals surface area (Å²) in [5, 5.41) is 8.80. The van der Waals surface area contributed by atoms with Crippen LogP contribution in [0.4, 0.5) is 0 Å². The Balaban J connectivity index is 2.65. The molecule has 0 saturated carbocycles. The lowest BCUT2D eigenvalue weighted by Gasteiger charge is -2.12. The fraction of sp³-hybridized carbons (Fsp3) is 0.471. The molecule has 24 heavy (non-hydrogen) atoms. The fourth-order valence-electron chi connectivity index (χ4n) is 1.95. The van der Waals surface area contributed by atoms with Crippen LogP contribution in [0.15, 0.2) is 29.3 Å². The first-order valence-corrected chi connectivity index (χ1v) is 8.07. The highest BCUT2D eigenvalue weighted by Gasteiger charge is 2.07. The zero-order chi connectivity index (χ0) is 17.9. The summed E-state index contributed by atoms with van der Waals surface area (Å²) >= 11 is 0. The van der Waals surface area contributed by atoms with Crippen molar-refractivity contribution in [2.45, 2.75) is 20.4 Å². The van der Waals surface area contributed by atoms with Gasteiger partial charge in [0.15, 0.2) is 5.96 Å². The van der Waals surface area contributed by atoms with E-state index in [0.29, 0.717) is 31.2 Å². The second-order valence-corrected chi connectivity index (χ2v) is 5.40. The second kappa shape index (κ2) is 10.3. The van der Waals surface area contributed by atoms with Crippen LogP contribution >= 0.6 is 0 Å². The molecule has 0 atom stereocenters. The molecule has 0 spiro atoms. The van der Waals surface area contributed by atoms with Crippen molar-refractivity contribution in [3.63, 3.8) is 0 Å². The van der Waals surface area contributed by atoms with Crippen LogP contribution in [0.3, 0.4) is 0 Å². The average Bonchev–Trinajstić information content (AvgIpc) is 2.57. The van der Waals surface area contributed by atoms with E-state index in [1.54, 1.807) is 31.1 Å². The van der Waals surface area contributed by atoms with Gasteiger partial charge in [-0.3, -0.25) is 9.59 Å². The molecule has 0 aliphatic heterocycles. The molecule has 0 aromatic heterocycles. The van der Waals surface area contributed by atoms with Crippen molar-refractivity contribution < 1.29 is 9.59 Å². The summed E-state index contributed by atoms with van der Waals surface area (Å²) < 4.78 is 0. The van der Waals surface area contributed by atoms with Gasteiger partial charge >= 0.3 is 0 Å². The van der Waals surface area contributed by atoms with Crippen LogP contribution in [-0.4, -0.2) is 56.4 Å². The molecule has 0 radical (unpaired) electrons. The number of aliphatic imine (C=N–C) groups is 1. The molecule has 2 amide bonds. The summed E-state index contributed by atoms with van der Waals surface area (Å²) in [7, 11) is 3.45. The molecule has 7 heteroatoms. The van der Waals surface area contributed by atoms with Gasteiger partial charge in [-0.25, -0.2) is 4.99 Å². The van der Waals surface area contributed by atoms with Gasteiger partial charge in [-0.2, -0.15) is 0 Å². The molecule has 132 valence electrons. The van der Waals surface area contributed by atoms with Crippen molar-refractivity contribution in [2.75, 3.05) is 33.7 Å². The largest absolute Gasteiger partial charge is 0.357 e. The number of hydrogen-bond donors (Lipinski definition) is 3. The number of carbonyl (C=O) groups excluding carboxylic acids is 2. The van der Waals surface area contributed by atoms with Crippen molar-refractivity contribution in [3.8, 4) is 0 Å². The maximum atomic E-state index is 11.8. The lowest BCUT2D eigenvalue weighted by atomic mass is 10.1. The molecule has 0 fully saturated rings. The lowest BCUT2D eigenvalue weighted by Crippen LogP contribution is -2.43. The molecule has 3 N–H and O–H groups in total. The number of nitrogens with zero attached hydrogens (tertiary/aromatic N) is 2. The summed E-state index contributed by atoms with van der Waals surface area (Å²) in [6.07, 6.45) is 0. The van der Waals surface area contributed by atoms with Crippen LogP contribution in [0.1, 0.15) is 29.8 Å². The normalized spacial score (nSPS) is 10.9. The Morgan fingerprint density at radius 1 is 1.00 bits per heavy atom. The topological polar surface area (TPSA) is 85.8 Å². The Morgan fingerprint density at radius 3 is 2.17 bits per heavy atom. The minimum atomic E-state index is -0.0744. The summed E-state index contributed by atoms with van der Waals surface area (Å²) in [5.41, 5.74) is 1.63. The third kappa shape index (κ3) is 6.68. The number of rotatable bonds is 7. The molecule has 0 aliphatic rings. The van der Waals surface area contributed by atoms with Crippen molar-refractivity contribution in [1.82, 2.24) is 20.9 Å². The van der Waals surface area contributed by atoms with Crippen LogP contribution in [0, 0.1) is 0 Å². The maximum Gasteiger partial charge on any atom is 0.253 e. The fourth-order valence-corrected chi connectivity index (χ4v) is 1.95. The maximum absolute atomic E-state index is 11.8. The summed E-state index contributed by atoms with van der Waals surface area (Å²) in [4.78, 5) is 29.3. The average molecular weight is 333 g/mol. The second-order valence-electron chi connectivity index (χ2n) is 5.40. The third-order valence-electron chi connectivity index (χ3n) is 3.16. The van der Waals surface area contributed by atoms with E-state index >= 15 is 0 Å². The minimum Gasteiger partial charge on any atom is -0.357 e. The predicted molar refractivity (Wildman–Crippen MR) is 96.0 cm³/mol. The number of guanidine groups is 1. The number of carbonyl (C=O) groups is 2. The first kappa shape index (κ1) is 19.5. The number of likely N-dealkylation sites (N-methyl/N-ethyl adjacent to an activating group) is 1. The lowest BCUT2D eigenvalue weighted by molar-refractivity contribution is -0.119. The van der Waals surface area contributed by atoms with Crippen molar-refractivity contribution in [1.29, 1.82) is 0 Å². The SMILES string of the molecule is CCNC(=O)CNC(=NCc1ccc(C(=O)N(C)C)cc1)NCC. The van der Waals surface area contributed by atoms with Gasteiger partial charge in [-0.05, 0) is 31.5 Å². The first-order chi connectivity index (χ1) is 11.5. The van der Waals surface area contributed by atoms with Crippen LogP contribution in [0.25, 0.3) is 0 Å². The van der Waals surface area contributed by atoms with Gasteiger partial charge in [0, 0.05) is 32.7 Å². The van der Waals surface area contributed by atoms with Crippen molar-refractivity contribution >= 4 is 17.8 Å². The molecule has 0 heterocycles. The van der Waals surface area contributed by atoms with Gasteiger partial charge in [0.25, 0.3) is 5.91 Å². The molecular formula is C17H27N5O2. The number of nitrogens with one attached hydrogen (secondary N) is 3. The predicted octanol–water partition coefficient (Wildman–Crippen LogP) is 0.580. The summed E-state index contributed by atoms with van der Waals surface area (Å²) in [6, 6.07) is 7.35. The zero-order valence-electron chi connectivity index (χ0n) is 14.8. The van der Waals surface area contributed by atoms with Crippen molar-refractivity contribution in [2.24, 2.45) is 4.99 Å². The van der Waals surface area contributed by atoms with E-state index in [0.717, 1.165) is 5.56 Å². The van der Waals surface area contributed by atoms with E-state index in [9.17, 15) is 9.59 Å². The van der Waals surface area contributed by atoms with Gasteiger partial charge in [0.05, 0.1) is 13.1 Å². The van der Waals surface area contributed by atoms with Crippen LogP contribution in [0.2, 0.25) is 0 Å². The Hall–Kier alpha value is -2.57. The van der Waals surface area contributed by atoms with E-state index in [1.807, 2.05) is 26.0 Å². The number of benzene rings is 1. The molecule has 1 rings (SSSR count). The monoisotopic (exact) mass is 333 g/mol. The molecule has 7 nitrogen and oxygen atoms in total. The van der Waals surface area contributed by atoms with Gasteiger partial charge in [0.1, 0.15) is 0 Å². The Bertz CT molecular complexity index is 567. The first-order valence-electron chi connectivity index (χ1n) is 8.07. The van der Waals surface area contributed by atoms with Gasteiger partial charge in [-0.1, -0.05) is 12.1 Å². The van der Waals surface area contributed by atoms with Crippen molar-refractivity contribution in [3.05, 3.63) is 35.4 Å². The highest BCUT2D eigenvalue weighted by molar-refractivity contribution is 5.93. The molecule has 0 unspecified atom stereocenters. The molecule has 0 aliphatic carbocycles. The summed E-state index contributed by atoms with van der Waals surface area (Å²) in [6.45, 7) is 5.79.